The van der Waals surface area contributed by atoms with Gasteiger partial charge in [-0.25, -0.2) is 14.2 Å². The molecule has 41 heavy (non-hydrogen) atoms. The summed E-state index contributed by atoms with van der Waals surface area (Å²) in [5, 5.41) is 0.779. The molecule has 7 nitrogen and oxygen atoms in total. The van der Waals surface area contributed by atoms with E-state index >= 15 is 0 Å². The molecule has 1 saturated carbocycles. The minimum Gasteiger partial charge on any atom is -0.454 e. The van der Waals surface area contributed by atoms with Crippen molar-refractivity contribution < 1.29 is 28.3 Å². The molecule has 206 valence electrons. The molecule has 2 heterocycles. The number of pyridine rings is 1. The molecule has 2 aliphatic rings. The van der Waals surface area contributed by atoms with Crippen LogP contribution in [0.2, 0.25) is 5.02 Å². The number of benzene rings is 3. The van der Waals surface area contributed by atoms with Gasteiger partial charge in [0.2, 0.25) is 11.8 Å². The van der Waals surface area contributed by atoms with Crippen LogP contribution in [0.3, 0.4) is 0 Å². The number of imide groups is 1. The third kappa shape index (κ3) is 5.00. The first-order valence-electron chi connectivity index (χ1n) is 13.4. The first kappa shape index (κ1) is 26.8. The molecule has 4 aromatic rings. The maximum absolute atomic E-state index is 13.2. The third-order valence-electron chi connectivity index (χ3n) is 7.77. The van der Waals surface area contributed by atoms with Gasteiger partial charge in [0.1, 0.15) is 5.82 Å². The second kappa shape index (κ2) is 10.9. The second-order valence-electron chi connectivity index (χ2n) is 10.3. The normalized spacial score (nSPS) is 18.4. The molecule has 1 aliphatic heterocycles. The molecule has 0 bridgehead atoms. The highest BCUT2D eigenvalue weighted by Crippen LogP contribution is 2.40. The lowest BCUT2D eigenvalue weighted by molar-refractivity contribution is -0.122. The summed E-state index contributed by atoms with van der Waals surface area (Å²) in [4.78, 5) is 57.6. The number of nitrogens with zero attached hydrogens (tertiary/aromatic N) is 2. The van der Waals surface area contributed by atoms with Gasteiger partial charge in [-0.05, 0) is 61.4 Å². The van der Waals surface area contributed by atoms with E-state index in [1.807, 2.05) is 0 Å². The van der Waals surface area contributed by atoms with Gasteiger partial charge in [0.25, 0.3) is 0 Å². The smallest absolute Gasteiger partial charge is 0.339 e. The van der Waals surface area contributed by atoms with Crippen LogP contribution in [-0.2, 0) is 14.3 Å². The van der Waals surface area contributed by atoms with Gasteiger partial charge < -0.3 is 4.74 Å². The summed E-state index contributed by atoms with van der Waals surface area (Å²) < 4.78 is 18.5. The molecule has 1 aliphatic carbocycles. The molecule has 2 amide bonds. The zero-order chi connectivity index (χ0) is 28.7. The third-order valence-corrected chi connectivity index (χ3v) is 8.08. The standard InChI is InChI=1S/C32H24ClFN2O5/c33-26-7-3-6-22-25(32(40)41-17-28(37)19-8-12-20(34)13-9-19)16-27(35-29(22)26)18-10-14-21(15-11-18)36-30(38)23-4-1-2-5-24(23)31(36)39/h3,6-16,23-24H,1-2,4-5,17H2. The van der Waals surface area contributed by atoms with E-state index in [9.17, 15) is 23.6 Å². The van der Waals surface area contributed by atoms with E-state index in [-0.39, 0.29) is 34.8 Å². The largest absolute Gasteiger partial charge is 0.454 e. The average Bonchev–Trinajstić information content (AvgIpc) is 3.25. The molecule has 2 fully saturated rings. The van der Waals surface area contributed by atoms with Crippen molar-refractivity contribution in [1.82, 2.24) is 4.98 Å². The summed E-state index contributed by atoms with van der Waals surface area (Å²) in [7, 11) is 0. The number of anilines is 1. The van der Waals surface area contributed by atoms with Crippen molar-refractivity contribution in [2.24, 2.45) is 11.8 Å². The van der Waals surface area contributed by atoms with Gasteiger partial charge in [-0.15, -0.1) is 0 Å². The second-order valence-corrected chi connectivity index (χ2v) is 10.7. The molecule has 0 N–H and O–H groups in total. The number of carbonyl (C=O) groups is 4. The maximum Gasteiger partial charge on any atom is 0.339 e. The number of halogens is 2. The fourth-order valence-corrected chi connectivity index (χ4v) is 5.87. The minimum atomic E-state index is -0.746. The summed E-state index contributed by atoms with van der Waals surface area (Å²) in [6.45, 7) is -0.529. The van der Waals surface area contributed by atoms with Crippen molar-refractivity contribution in [2.75, 3.05) is 11.5 Å². The maximum atomic E-state index is 13.2. The highest BCUT2D eigenvalue weighted by Gasteiger charge is 2.48. The van der Waals surface area contributed by atoms with Crippen LogP contribution in [0.25, 0.3) is 22.2 Å². The number of ether oxygens (including phenoxy) is 1. The number of hydrogen-bond donors (Lipinski definition) is 0. The van der Waals surface area contributed by atoms with E-state index in [0.29, 0.717) is 32.9 Å². The monoisotopic (exact) mass is 570 g/mol. The molecule has 2 unspecified atom stereocenters. The van der Waals surface area contributed by atoms with Crippen molar-refractivity contribution >= 4 is 51.8 Å². The fraction of sp³-hybridized carbons (Fsp3) is 0.219. The van der Waals surface area contributed by atoms with Gasteiger partial charge in [0, 0.05) is 16.5 Å². The van der Waals surface area contributed by atoms with Gasteiger partial charge in [0.15, 0.2) is 12.4 Å². The number of para-hydroxylation sites is 1. The van der Waals surface area contributed by atoms with E-state index in [1.54, 1.807) is 48.5 Å². The molecule has 2 atom stereocenters. The predicted octanol–water partition coefficient (Wildman–Crippen LogP) is 6.41. The highest BCUT2D eigenvalue weighted by molar-refractivity contribution is 6.35. The highest BCUT2D eigenvalue weighted by atomic mass is 35.5. The number of rotatable bonds is 6. The molecule has 3 aromatic carbocycles. The van der Waals surface area contributed by atoms with Crippen LogP contribution < -0.4 is 4.90 Å². The van der Waals surface area contributed by atoms with E-state index in [2.05, 4.69) is 4.98 Å². The fourth-order valence-electron chi connectivity index (χ4n) is 5.66. The van der Waals surface area contributed by atoms with E-state index < -0.39 is 24.2 Å². The number of carbonyl (C=O) groups excluding carboxylic acids is 4. The number of ketones is 1. The van der Waals surface area contributed by atoms with Crippen LogP contribution in [0.4, 0.5) is 10.1 Å². The van der Waals surface area contributed by atoms with Crippen molar-refractivity contribution in [3.63, 3.8) is 0 Å². The zero-order valence-electron chi connectivity index (χ0n) is 21.8. The molecule has 1 aromatic heterocycles. The molecule has 6 rings (SSSR count). The lowest BCUT2D eigenvalue weighted by atomic mass is 9.81. The Balaban J connectivity index is 1.28. The van der Waals surface area contributed by atoms with Crippen LogP contribution in [0, 0.1) is 17.7 Å². The van der Waals surface area contributed by atoms with Gasteiger partial charge in [-0.2, -0.15) is 0 Å². The summed E-state index contributed by atoms with van der Waals surface area (Å²) >= 11 is 6.44. The SMILES string of the molecule is O=C(COC(=O)c1cc(-c2ccc(N3C(=O)C4CCCCC4C3=O)cc2)nc2c(Cl)cccc12)c1ccc(F)cc1. The number of Topliss-reactive ketones (excluding diaryl/α,β-unsaturated/α-hetero) is 1. The van der Waals surface area contributed by atoms with Gasteiger partial charge >= 0.3 is 5.97 Å². The Kier molecular flexibility index (Phi) is 7.09. The van der Waals surface area contributed by atoms with Crippen molar-refractivity contribution in [3.8, 4) is 11.3 Å². The number of fused-ring (bicyclic) bond motifs is 2. The molecular weight excluding hydrogens is 547 g/mol. The van der Waals surface area contributed by atoms with E-state index in [0.717, 1.165) is 37.8 Å². The van der Waals surface area contributed by atoms with Crippen LogP contribution in [0.15, 0.2) is 72.8 Å². The lowest BCUT2D eigenvalue weighted by Gasteiger charge is -2.19. The van der Waals surface area contributed by atoms with Gasteiger partial charge in [-0.1, -0.05) is 48.7 Å². The Morgan fingerprint density at radius 2 is 1.59 bits per heavy atom. The van der Waals surface area contributed by atoms with Crippen molar-refractivity contribution in [3.05, 3.63) is 94.8 Å². The van der Waals surface area contributed by atoms with Crippen LogP contribution in [0.5, 0.6) is 0 Å². The minimum absolute atomic E-state index is 0.150. The Labute approximate surface area is 239 Å². The molecule has 1 saturated heterocycles. The van der Waals surface area contributed by atoms with Crippen molar-refractivity contribution in [2.45, 2.75) is 25.7 Å². The number of aromatic nitrogens is 1. The Bertz CT molecular complexity index is 1680. The molecule has 0 spiro atoms. The zero-order valence-corrected chi connectivity index (χ0v) is 22.6. The molecule has 9 heteroatoms. The first-order valence-corrected chi connectivity index (χ1v) is 13.7. The average molecular weight is 571 g/mol. The quantitative estimate of drug-likeness (QED) is 0.151. The molecule has 0 radical (unpaired) electrons. The van der Waals surface area contributed by atoms with Gasteiger partial charge in [-0.3, -0.25) is 19.3 Å². The van der Waals surface area contributed by atoms with E-state index in [1.165, 1.54) is 17.0 Å². The van der Waals surface area contributed by atoms with Crippen molar-refractivity contribution in [1.29, 1.82) is 0 Å². The van der Waals surface area contributed by atoms with Crippen LogP contribution in [-0.4, -0.2) is 35.2 Å². The lowest BCUT2D eigenvalue weighted by Crippen LogP contribution is -2.30. The summed E-state index contributed by atoms with van der Waals surface area (Å²) in [5.74, 6) is -2.49. The number of hydrogen-bond acceptors (Lipinski definition) is 6. The Morgan fingerprint density at radius 1 is 0.927 bits per heavy atom. The topological polar surface area (TPSA) is 93.6 Å². The predicted molar refractivity (Wildman–Crippen MR) is 151 cm³/mol. The summed E-state index contributed by atoms with van der Waals surface area (Å²) in [6.07, 6.45) is 3.38. The van der Waals surface area contributed by atoms with Crippen LogP contribution in [0.1, 0.15) is 46.4 Å². The summed E-state index contributed by atoms with van der Waals surface area (Å²) in [5.41, 5.74) is 2.30. The Hall–Kier alpha value is -4.43. The Morgan fingerprint density at radius 3 is 2.24 bits per heavy atom. The van der Waals surface area contributed by atoms with Gasteiger partial charge in [0.05, 0.1) is 39.3 Å². The van der Waals surface area contributed by atoms with Crippen LogP contribution >= 0.6 is 11.6 Å². The number of amides is 2. The molecular formula is C32H24ClFN2O5. The number of esters is 1. The first-order chi connectivity index (χ1) is 19.8. The van der Waals surface area contributed by atoms with E-state index in [4.69, 9.17) is 16.3 Å². The summed E-state index contributed by atoms with van der Waals surface area (Å²) in [6, 6.07) is 18.4.